The number of rotatable bonds is 1. The Morgan fingerprint density at radius 2 is 2.23 bits per heavy atom. The van der Waals surface area contributed by atoms with Crippen molar-refractivity contribution in [3.63, 3.8) is 0 Å². The molecule has 0 saturated heterocycles. The summed E-state index contributed by atoms with van der Waals surface area (Å²) < 4.78 is 5.03. The largest absolute Gasteiger partial charge is 0.449 e. The van der Waals surface area contributed by atoms with E-state index in [1.807, 2.05) is 0 Å². The maximum atomic E-state index is 5.49. The molecule has 2 aromatic heterocycles. The Hall–Kier alpha value is -1.91. The lowest BCUT2D eigenvalue weighted by Crippen LogP contribution is -1.94. The van der Waals surface area contributed by atoms with E-state index in [-0.39, 0.29) is 0 Å². The molecule has 0 amide bonds. The van der Waals surface area contributed by atoms with Crippen molar-refractivity contribution in [2.24, 2.45) is 0 Å². The number of anilines is 1. The fraction of sp³-hybridized carbons (Fsp3) is 0.125. The third-order valence-electron chi connectivity index (χ3n) is 1.53. The quantitative estimate of drug-likeness (QED) is 0.701. The maximum Gasteiger partial charge on any atom is 0.191 e. The molecule has 2 heterocycles. The second kappa shape index (κ2) is 2.85. The van der Waals surface area contributed by atoms with E-state index in [1.165, 1.54) is 6.26 Å². The second-order valence-electron chi connectivity index (χ2n) is 2.56. The Balaban J connectivity index is 2.46. The van der Waals surface area contributed by atoms with Gasteiger partial charge in [0.05, 0.1) is 0 Å². The molecule has 0 atom stereocenters. The summed E-state index contributed by atoms with van der Waals surface area (Å²) in [6.07, 6.45) is 3.09. The minimum Gasteiger partial charge on any atom is -0.449 e. The van der Waals surface area contributed by atoms with Crippen LogP contribution in [0.3, 0.4) is 0 Å². The van der Waals surface area contributed by atoms with E-state index in [0.717, 1.165) is 0 Å². The first kappa shape index (κ1) is 7.72. The van der Waals surface area contributed by atoms with Crippen LogP contribution in [0.25, 0.3) is 11.5 Å². The highest BCUT2D eigenvalue weighted by Gasteiger charge is 2.05. The first-order valence-corrected chi connectivity index (χ1v) is 3.77. The number of nitrogens with two attached hydrogens (primary N) is 1. The molecule has 0 aliphatic carbocycles. The van der Waals surface area contributed by atoms with Crippen LogP contribution in [0.2, 0.25) is 0 Å². The third kappa shape index (κ3) is 1.48. The molecule has 2 rings (SSSR count). The van der Waals surface area contributed by atoms with E-state index in [1.54, 1.807) is 19.2 Å². The Bertz CT molecular complexity index is 424. The SMILES string of the molecule is Cc1nc(-c2nccc(N)n2)co1. The fourth-order valence-electron chi connectivity index (χ4n) is 0.962. The summed E-state index contributed by atoms with van der Waals surface area (Å²) in [6.45, 7) is 1.76. The van der Waals surface area contributed by atoms with Crippen molar-refractivity contribution in [1.29, 1.82) is 0 Å². The molecule has 5 heteroatoms. The van der Waals surface area contributed by atoms with Gasteiger partial charge >= 0.3 is 0 Å². The van der Waals surface area contributed by atoms with Crippen LogP contribution in [0.4, 0.5) is 5.82 Å². The summed E-state index contributed by atoms with van der Waals surface area (Å²) in [5.41, 5.74) is 6.09. The normalized spacial score (nSPS) is 10.2. The molecular weight excluding hydrogens is 168 g/mol. The van der Waals surface area contributed by atoms with E-state index >= 15 is 0 Å². The molecule has 0 unspecified atom stereocenters. The summed E-state index contributed by atoms with van der Waals surface area (Å²) in [5, 5.41) is 0. The molecule has 0 bridgehead atoms. The second-order valence-corrected chi connectivity index (χ2v) is 2.56. The lowest BCUT2D eigenvalue weighted by atomic mass is 10.4. The Morgan fingerprint density at radius 3 is 2.85 bits per heavy atom. The minimum atomic E-state index is 0.422. The fourth-order valence-corrected chi connectivity index (χ4v) is 0.962. The first-order chi connectivity index (χ1) is 6.25. The van der Waals surface area contributed by atoms with E-state index < -0.39 is 0 Å². The van der Waals surface area contributed by atoms with Gasteiger partial charge in [-0.25, -0.2) is 15.0 Å². The lowest BCUT2D eigenvalue weighted by Gasteiger charge is -1.94. The van der Waals surface area contributed by atoms with Gasteiger partial charge in [0.1, 0.15) is 17.8 Å². The molecule has 2 N–H and O–H groups in total. The lowest BCUT2D eigenvalue weighted by molar-refractivity contribution is 0.521. The van der Waals surface area contributed by atoms with Crippen molar-refractivity contribution in [2.45, 2.75) is 6.92 Å². The zero-order valence-corrected chi connectivity index (χ0v) is 7.06. The van der Waals surface area contributed by atoms with Crippen LogP contribution in [0, 0.1) is 6.92 Å². The van der Waals surface area contributed by atoms with Crippen LogP contribution >= 0.6 is 0 Å². The van der Waals surface area contributed by atoms with Crippen LogP contribution < -0.4 is 5.73 Å². The molecule has 0 saturated carbocycles. The van der Waals surface area contributed by atoms with Gasteiger partial charge in [0.2, 0.25) is 0 Å². The van der Waals surface area contributed by atoms with Gasteiger partial charge in [-0.15, -0.1) is 0 Å². The van der Waals surface area contributed by atoms with Crippen molar-refractivity contribution in [1.82, 2.24) is 15.0 Å². The molecule has 5 nitrogen and oxygen atoms in total. The predicted molar refractivity (Wildman–Crippen MR) is 46.7 cm³/mol. The molecule has 0 aromatic carbocycles. The van der Waals surface area contributed by atoms with E-state index in [2.05, 4.69) is 15.0 Å². The number of oxazole rings is 1. The predicted octanol–water partition coefficient (Wildman–Crippen LogP) is 1.02. The maximum absolute atomic E-state index is 5.49. The molecule has 0 aliphatic rings. The van der Waals surface area contributed by atoms with Crippen LogP contribution in [0.5, 0.6) is 0 Å². The molecule has 0 spiro atoms. The van der Waals surface area contributed by atoms with Gasteiger partial charge in [0, 0.05) is 13.1 Å². The minimum absolute atomic E-state index is 0.422. The van der Waals surface area contributed by atoms with Gasteiger partial charge in [-0.05, 0) is 6.07 Å². The van der Waals surface area contributed by atoms with Crippen molar-refractivity contribution >= 4 is 5.82 Å². The Morgan fingerprint density at radius 1 is 1.38 bits per heavy atom. The molecule has 0 aliphatic heterocycles. The highest BCUT2D eigenvalue weighted by Crippen LogP contribution is 2.13. The zero-order valence-electron chi connectivity index (χ0n) is 7.06. The average molecular weight is 176 g/mol. The molecule has 66 valence electrons. The van der Waals surface area contributed by atoms with E-state index in [9.17, 15) is 0 Å². The summed E-state index contributed by atoms with van der Waals surface area (Å²) >= 11 is 0. The zero-order chi connectivity index (χ0) is 9.26. The van der Waals surface area contributed by atoms with Gasteiger partial charge in [0.15, 0.2) is 11.7 Å². The third-order valence-corrected chi connectivity index (χ3v) is 1.53. The van der Waals surface area contributed by atoms with Gasteiger partial charge in [-0.3, -0.25) is 0 Å². The number of aryl methyl sites for hydroxylation is 1. The Kier molecular flexibility index (Phi) is 1.70. The van der Waals surface area contributed by atoms with Crippen LogP contribution in [-0.2, 0) is 0 Å². The summed E-state index contributed by atoms with van der Waals surface area (Å²) in [7, 11) is 0. The first-order valence-electron chi connectivity index (χ1n) is 3.77. The number of hydrogen-bond donors (Lipinski definition) is 1. The molecule has 0 radical (unpaired) electrons. The van der Waals surface area contributed by atoms with Crippen molar-refractivity contribution in [3.05, 3.63) is 24.4 Å². The van der Waals surface area contributed by atoms with Crippen LogP contribution in [0.1, 0.15) is 5.89 Å². The molecule has 0 fully saturated rings. The molecule has 13 heavy (non-hydrogen) atoms. The van der Waals surface area contributed by atoms with Crippen molar-refractivity contribution < 1.29 is 4.42 Å². The topological polar surface area (TPSA) is 77.8 Å². The Labute approximate surface area is 74.6 Å². The van der Waals surface area contributed by atoms with Gasteiger partial charge in [0.25, 0.3) is 0 Å². The highest BCUT2D eigenvalue weighted by molar-refractivity contribution is 5.49. The van der Waals surface area contributed by atoms with Gasteiger partial charge in [-0.1, -0.05) is 0 Å². The highest BCUT2D eigenvalue weighted by atomic mass is 16.3. The van der Waals surface area contributed by atoms with E-state index in [4.69, 9.17) is 10.2 Å². The smallest absolute Gasteiger partial charge is 0.191 e. The molecular formula is C8H8N4O. The summed E-state index contributed by atoms with van der Waals surface area (Å²) in [6, 6.07) is 1.62. The van der Waals surface area contributed by atoms with Crippen molar-refractivity contribution in [3.8, 4) is 11.5 Å². The number of nitrogens with zero attached hydrogens (tertiary/aromatic N) is 3. The molecule has 2 aromatic rings. The average Bonchev–Trinajstić information content (AvgIpc) is 2.52. The monoisotopic (exact) mass is 176 g/mol. The number of nitrogen functional groups attached to an aromatic ring is 1. The summed E-state index contributed by atoms with van der Waals surface area (Å²) in [4.78, 5) is 12.1. The number of hydrogen-bond acceptors (Lipinski definition) is 5. The van der Waals surface area contributed by atoms with Crippen LogP contribution in [-0.4, -0.2) is 15.0 Å². The van der Waals surface area contributed by atoms with Crippen LogP contribution in [0.15, 0.2) is 22.9 Å². The van der Waals surface area contributed by atoms with Gasteiger partial charge in [-0.2, -0.15) is 0 Å². The van der Waals surface area contributed by atoms with E-state index in [0.29, 0.717) is 23.2 Å². The van der Waals surface area contributed by atoms with Gasteiger partial charge < -0.3 is 10.2 Å². The summed E-state index contributed by atoms with van der Waals surface area (Å²) in [5.74, 6) is 1.49. The standard InChI is InChI=1S/C8H8N4O/c1-5-11-6(4-13-5)8-10-3-2-7(9)12-8/h2-4H,1H3,(H2,9,10,12). The van der Waals surface area contributed by atoms with Crippen molar-refractivity contribution in [2.75, 3.05) is 5.73 Å². The number of aromatic nitrogens is 3.